The molecule has 3 heteroatoms. The Morgan fingerprint density at radius 2 is 2.27 bits per heavy atom. The molecule has 0 aliphatic heterocycles. The summed E-state index contributed by atoms with van der Waals surface area (Å²) in [6, 6.07) is 1.99. The molecule has 0 bridgehead atoms. The molecule has 2 aliphatic rings. The summed E-state index contributed by atoms with van der Waals surface area (Å²) >= 11 is 0. The van der Waals surface area contributed by atoms with Crippen molar-refractivity contribution >= 4 is 22.4 Å². The monoisotopic (exact) mass is 288 g/mol. The molecule has 1 atom stereocenters. The summed E-state index contributed by atoms with van der Waals surface area (Å²) in [6.07, 6.45) is 17.6. The van der Waals surface area contributed by atoms with Crippen molar-refractivity contribution in [1.29, 1.82) is 0 Å². The Morgan fingerprint density at radius 1 is 1.36 bits per heavy atom. The third-order valence-corrected chi connectivity index (χ3v) is 4.35. The first-order chi connectivity index (χ1) is 10.7. The minimum absolute atomic E-state index is 0.0583. The highest BCUT2D eigenvalue weighted by Crippen LogP contribution is 2.35. The van der Waals surface area contributed by atoms with Crippen LogP contribution in [-0.2, 0) is 0 Å². The standard InChI is InChI=1S/C19H16N2O/c1-12(22)17-11-21-19-18(17)16(8-9-20-19)15-7-6-13-4-2-3-5-14(13)10-15/h2-5,7-11,13H,6H2,1H3,(H,20,21). The predicted molar refractivity (Wildman–Crippen MR) is 88.5 cm³/mol. The van der Waals surface area contributed by atoms with Crippen molar-refractivity contribution in [2.24, 2.45) is 5.92 Å². The number of nitrogens with zero attached hydrogens (tertiary/aromatic N) is 1. The minimum atomic E-state index is 0.0583. The topological polar surface area (TPSA) is 45.8 Å². The molecule has 0 spiro atoms. The Bertz CT molecular complexity index is 893. The third-order valence-electron chi connectivity index (χ3n) is 4.35. The van der Waals surface area contributed by atoms with Gasteiger partial charge >= 0.3 is 0 Å². The van der Waals surface area contributed by atoms with Gasteiger partial charge in [-0.1, -0.05) is 36.5 Å². The van der Waals surface area contributed by atoms with Crippen LogP contribution >= 0.6 is 0 Å². The fourth-order valence-corrected chi connectivity index (χ4v) is 3.22. The average Bonchev–Trinajstić information content (AvgIpc) is 2.98. The molecule has 0 amide bonds. The molecule has 1 N–H and O–H groups in total. The van der Waals surface area contributed by atoms with Crippen LogP contribution in [0, 0.1) is 5.92 Å². The number of aromatic nitrogens is 2. The summed E-state index contributed by atoms with van der Waals surface area (Å²) in [5.74, 6) is 0.535. The summed E-state index contributed by atoms with van der Waals surface area (Å²) in [6.45, 7) is 1.60. The fourth-order valence-electron chi connectivity index (χ4n) is 3.22. The number of pyridine rings is 1. The normalized spacial score (nSPS) is 19.8. The number of rotatable bonds is 2. The molecule has 2 aliphatic carbocycles. The second-order valence-electron chi connectivity index (χ2n) is 5.73. The van der Waals surface area contributed by atoms with Gasteiger partial charge in [0.1, 0.15) is 5.65 Å². The van der Waals surface area contributed by atoms with E-state index in [1.807, 2.05) is 6.07 Å². The number of ketones is 1. The van der Waals surface area contributed by atoms with Crippen molar-refractivity contribution in [1.82, 2.24) is 9.97 Å². The minimum Gasteiger partial charge on any atom is -0.345 e. The van der Waals surface area contributed by atoms with Gasteiger partial charge in [0.2, 0.25) is 0 Å². The smallest absolute Gasteiger partial charge is 0.162 e. The van der Waals surface area contributed by atoms with Crippen LogP contribution in [0.1, 0.15) is 29.3 Å². The van der Waals surface area contributed by atoms with E-state index < -0.39 is 0 Å². The third kappa shape index (κ3) is 1.98. The molecule has 4 rings (SSSR count). The van der Waals surface area contributed by atoms with E-state index in [0.29, 0.717) is 11.5 Å². The first kappa shape index (κ1) is 13.0. The van der Waals surface area contributed by atoms with Gasteiger partial charge < -0.3 is 4.98 Å². The van der Waals surface area contributed by atoms with Crippen LogP contribution in [-0.4, -0.2) is 15.8 Å². The van der Waals surface area contributed by atoms with Crippen LogP contribution in [0.3, 0.4) is 0 Å². The van der Waals surface area contributed by atoms with Crippen molar-refractivity contribution < 1.29 is 4.79 Å². The Kier molecular flexibility index (Phi) is 2.93. The van der Waals surface area contributed by atoms with Gasteiger partial charge in [0.25, 0.3) is 0 Å². The number of H-pyrrole nitrogens is 1. The van der Waals surface area contributed by atoms with Gasteiger partial charge in [-0.3, -0.25) is 4.79 Å². The van der Waals surface area contributed by atoms with Crippen molar-refractivity contribution in [3.63, 3.8) is 0 Å². The second kappa shape index (κ2) is 4.95. The van der Waals surface area contributed by atoms with Crippen molar-refractivity contribution in [3.05, 3.63) is 71.6 Å². The van der Waals surface area contributed by atoms with E-state index in [9.17, 15) is 4.79 Å². The summed E-state index contributed by atoms with van der Waals surface area (Å²) < 4.78 is 0. The van der Waals surface area contributed by atoms with E-state index in [1.165, 1.54) is 11.1 Å². The summed E-state index contributed by atoms with van der Waals surface area (Å²) in [5.41, 5.74) is 5.04. The number of allylic oxidation sites excluding steroid dienone is 8. The molecule has 0 saturated carbocycles. The Balaban J connectivity index is 1.89. The van der Waals surface area contributed by atoms with Gasteiger partial charge in [-0.25, -0.2) is 4.98 Å². The van der Waals surface area contributed by atoms with Gasteiger partial charge in [-0.15, -0.1) is 0 Å². The van der Waals surface area contributed by atoms with Crippen LogP contribution in [0.4, 0.5) is 0 Å². The Hall–Kier alpha value is -2.68. The van der Waals surface area contributed by atoms with Crippen molar-refractivity contribution in [2.45, 2.75) is 13.3 Å². The quantitative estimate of drug-likeness (QED) is 0.841. The first-order valence-corrected chi connectivity index (χ1v) is 7.48. The van der Waals surface area contributed by atoms with Crippen LogP contribution < -0.4 is 0 Å². The van der Waals surface area contributed by atoms with Crippen molar-refractivity contribution in [3.8, 4) is 0 Å². The number of carbonyl (C=O) groups is 1. The lowest BCUT2D eigenvalue weighted by Gasteiger charge is -2.21. The highest BCUT2D eigenvalue weighted by atomic mass is 16.1. The lowest BCUT2D eigenvalue weighted by Crippen LogP contribution is -2.05. The predicted octanol–water partition coefficient (Wildman–Crippen LogP) is 4.22. The van der Waals surface area contributed by atoms with E-state index in [-0.39, 0.29) is 5.78 Å². The first-order valence-electron chi connectivity index (χ1n) is 7.48. The molecule has 2 aromatic rings. The molecule has 0 radical (unpaired) electrons. The van der Waals surface area contributed by atoms with Gasteiger partial charge in [-0.05, 0) is 36.1 Å². The largest absolute Gasteiger partial charge is 0.345 e. The number of hydrogen-bond acceptors (Lipinski definition) is 2. The van der Waals surface area contributed by atoms with Crippen LogP contribution in [0.2, 0.25) is 0 Å². The zero-order chi connectivity index (χ0) is 15.1. The van der Waals surface area contributed by atoms with E-state index in [2.05, 4.69) is 46.4 Å². The summed E-state index contributed by atoms with van der Waals surface area (Å²) in [7, 11) is 0. The van der Waals surface area contributed by atoms with Crippen molar-refractivity contribution in [2.75, 3.05) is 0 Å². The highest BCUT2D eigenvalue weighted by molar-refractivity contribution is 6.10. The number of Topliss-reactive ketones (excluding diaryl/α,β-unsaturated/α-hetero) is 1. The highest BCUT2D eigenvalue weighted by Gasteiger charge is 2.19. The molecule has 108 valence electrons. The number of fused-ring (bicyclic) bond motifs is 2. The molecular formula is C19H16N2O. The SMILES string of the molecule is CC(=O)c1c[nH]c2nccc(C3=CCC4C=CC=CC4=C3)c12. The fraction of sp³-hybridized carbons (Fsp3) is 0.158. The zero-order valence-electron chi connectivity index (χ0n) is 12.3. The van der Waals surface area contributed by atoms with E-state index in [0.717, 1.165) is 23.0 Å². The maximum atomic E-state index is 11.9. The van der Waals surface area contributed by atoms with E-state index in [4.69, 9.17) is 0 Å². The lowest BCUT2D eigenvalue weighted by atomic mass is 9.83. The van der Waals surface area contributed by atoms with Gasteiger partial charge in [-0.2, -0.15) is 0 Å². The molecule has 0 aromatic carbocycles. The number of hydrogen-bond donors (Lipinski definition) is 1. The van der Waals surface area contributed by atoms with Crippen LogP contribution in [0.5, 0.6) is 0 Å². The van der Waals surface area contributed by atoms with Gasteiger partial charge in [0.15, 0.2) is 5.78 Å². The number of aromatic amines is 1. The molecule has 3 nitrogen and oxygen atoms in total. The number of carbonyl (C=O) groups excluding carboxylic acids is 1. The Morgan fingerprint density at radius 3 is 3.14 bits per heavy atom. The maximum absolute atomic E-state index is 11.9. The van der Waals surface area contributed by atoms with Crippen LogP contribution in [0.25, 0.3) is 16.6 Å². The van der Waals surface area contributed by atoms with E-state index >= 15 is 0 Å². The average molecular weight is 288 g/mol. The van der Waals surface area contributed by atoms with E-state index in [1.54, 1.807) is 19.3 Å². The zero-order valence-corrected chi connectivity index (χ0v) is 12.3. The molecular weight excluding hydrogens is 272 g/mol. The molecule has 0 saturated heterocycles. The molecule has 2 aromatic heterocycles. The summed E-state index contributed by atoms with van der Waals surface area (Å²) in [4.78, 5) is 19.3. The van der Waals surface area contributed by atoms with Crippen LogP contribution in [0.15, 0.2) is 60.5 Å². The Labute approximate surface area is 128 Å². The molecule has 22 heavy (non-hydrogen) atoms. The van der Waals surface area contributed by atoms with Gasteiger partial charge in [0.05, 0.1) is 0 Å². The molecule has 0 fully saturated rings. The second-order valence-corrected chi connectivity index (χ2v) is 5.73. The lowest BCUT2D eigenvalue weighted by molar-refractivity contribution is 0.101. The number of nitrogens with one attached hydrogen (secondary N) is 1. The molecule has 1 unspecified atom stereocenters. The summed E-state index contributed by atoms with van der Waals surface area (Å²) in [5, 5.41) is 0.923. The van der Waals surface area contributed by atoms with Gasteiger partial charge in [0, 0.05) is 29.3 Å². The molecule has 2 heterocycles. The maximum Gasteiger partial charge on any atom is 0.162 e.